The first kappa shape index (κ1) is 18.1. The molecule has 0 radical (unpaired) electrons. The van der Waals surface area contributed by atoms with Crippen LogP contribution in [0.15, 0.2) is 42.6 Å². The quantitative estimate of drug-likeness (QED) is 0.440. The van der Waals surface area contributed by atoms with E-state index in [0.717, 1.165) is 10.9 Å². The van der Waals surface area contributed by atoms with E-state index < -0.39 is 17.6 Å². The summed E-state index contributed by atoms with van der Waals surface area (Å²) in [7, 11) is 1.84. The van der Waals surface area contributed by atoms with Gasteiger partial charge in [-0.15, -0.1) is 0 Å². The number of aryl methyl sites for hydroxylation is 2. The fourth-order valence-electron chi connectivity index (χ4n) is 5.12. The Morgan fingerprint density at radius 2 is 1.74 bits per heavy atom. The van der Waals surface area contributed by atoms with E-state index in [0.29, 0.717) is 51.1 Å². The van der Waals surface area contributed by atoms with Gasteiger partial charge in [0.05, 0.1) is 22.2 Å². The summed E-state index contributed by atoms with van der Waals surface area (Å²) in [5.41, 5.74) is 2.63. The summed E-state index contributed by atoms with van der Waals surface area (Å²) >= 11 is 0. The van der Waals surface area contributed by atoms with Gasteiger partial charge in [0.25, 0.3) is 11.8 Å². The van der Waals surface area contributed by atoms with Crippen molar-refractivity contribution in [1.29, 1.82) is 0 Å². The number of para-hydroxylation sites is 1. The van der Waals surface area contributed by atoms with E-state index in [1.165, 1.54) is 6.07 Å². The number of carbonyl (C=O) groups excluding carboxylic acids is 2. The van der Waals surface area contributed by atoms with Crippen molar-refractivity contribution in [3.63, 3.8) is 0 Å². The van der Waals surface area contributed by atoms with Gasteiger partial charge in [-0.3, -0.25) is 14.9 Å². The fraction of sp³-hybridized carbons (Fsp3) is 0.167. The third-order valence-electron chi connectivity index (χ3n) is 6.29. The zero-order valence-electron chi connectivity index (χ0n) is 16.7. The second kappa shape index (κ2) is 6.15. The molecule has 154 valence electrons. The Morgan fingerprint density at radius 1 is 1.00 bits per heavy atom. The van der Waals surface area contributed by atoms with Gasteiger partial charge >= 0.3 is 0 Å². The average Bonchev–Trinajstić information content (AvgIpc) is 3.38. The lowest BCUT2D eigenvalue weighted by Crippen LogP contribution is -2.20. The molecule has 6 rings (SSSR count). The standard InChI is InChI=1S/C24H18FN3O3/c1-27-9-7-12-11-14(25)17-18(21(12)27)20-19(23(30)26-24(20)31)16-13-5-2-3-6-15(13)28(22(16)17)8-4-10-29/h2-3,5-7,9,11,29H,4,8,10H2,1H3,(H,26,30,31). The van der Waals surface area contributed by atoms with Crippen molar-refractivity contribution in [3.05, 3.63) is 59.5 Å². The van der Waals surface area contributed by atoms with Crippen LogP contribution in [0, 0.1) is 5.82 Å². The molecule has 31 heavy (non-hydrogen) atoms. The van der Waals surface area contributed by atoms with Gasteiger partial charge in [-0.2, -0.15) is 0 Å². The molecule has 2 N–H and O–H groups in total. The lowest BCUT2D eigenvalue weighted by molar-refractivity contribution is 0.0880. The number of nitrogens with zero attached hydrogens (tertiary/aromatic N) is 2. The third-order valence-corrected chi connectivity index (χ3v) is 6.29. The van der Waals surface area contributed by atoms with E-state index >= 15 is 4.39 Å². The van der Waals surface area contributed by atoms with Crippen molar-refractivity contribution in [1.82, 2.24) is 14.5 Å². The minimum atomic E-state index is -0.507. The number of fused-ring (bicyclic) bond motifs is 10. The van der Waals surface area contributed by atoms with Crippen LogP contribution in [-0.2, 0) is 13.6 Å². The van der Waals surface area contributed by atoms with Crippen LogP contribution in [0.25, 0.3) is 43.5 Å². The monoisotopic (exact) mass is 415 g/mol. The van der Waals surface area contributed by atoms with E-state index in [2.05, 4.69) is 5.32 Å². The molecule has 5 aromatic rings. The maximum absolute atomic E-state index is 15.7. The van der Waals surface area contributed by atoms with Crippen LogP contribution < -0.4 is 5.32 Å². The van der Waals surface area contributed by atoms with Crippen LogP contribution in [0.3, 0.4) is 0 Å². The lowest BCUT2D eigenvalue weighted by Gasteiger charge is -2.13. The molecular formula is C24H18FN3O3. The Balaban J connectivity index is 2.01. The van der Waals surface area contributed by atoms with E-state index in [4.69, 9.17) is 0 Å². The highest BCUT2D eigenvalue weighted by Crippen LogP contribution is 2.44. The SMILES string of the molecule is Cn1ccc2cc(F)c3c(c4c(c5c6ccccc6n(CCCO)c53)C(=O)NC4=O)c21. The van der Waals surface area contributed by atoms with Gasteiger partial charge in [0, 0.05) is 58.8 Å². The van der Waals surface area contributed by atoms with Gasteiger partial charge < -0.3 is 14.2 Å². The predicted molar refractivity (Wildman–Crippen MR) is 117 cm³/mol. The van der Waals surface area contributed by atoms with Gasteiger partial charge in [-0.05, 0) is 24.6 Å². The number of rotatable bonds is 3. The smallest absolute Gasteiger partial charge is 0.259 e. The number of carbonyl (C=O) groups is 2. The number of aliphatic hydroxyl groups is 1. The molecule has 1 aliphatic rings. The van der Waals surface area contributed by atoms with Crippen molar-refractivity contribution >= 4 is 55.3 Å². The summed E-state index contributed by atoms with van der Waals surface area (Å²) in [4.78, 5) is 25.9. The zero-order valence-corrected chi connectivity index (χ0v) is 16.7. The fourth-order valence-corrected chi connectivity index (χ4v) is 5.12. The number of hydrogen-bond acceptors (Lipinski definition) is 3. The van der Waals surface area contributed by atoms with E-state index in [-0.39, 0.29) is 12.2 Å². The molecule has 0 atom stereocenters. The summed E-state index contributed by atoms with van der Waals surface area (Å²) < 4.78 is 19.5. The number of benzene rings is 3. The van der Waals surface area contributed by atoms with Gasteiger partial charge in [-0.1, -0.05) is 18.2 Å². The molecule has 2 amide bonds. The van der Waals surface area contributed by atoms with E-state index in [1.54, 1.807) is 6.07 Å². The lowest BCUT2D eigenvalue weighted by atomic mass is 9.93. The van der Waals surface area contributed by atoms with Crippen molar-refractivity contribution < 1.29 is 19.1 Å². The molecule has 2 aromatic heterocycles. The second-order valence-corrected chi connectivity index (χ2v) is 7.98. The normalized spacial score (nSPS) is 13.8. The van der Waals surface area contributed by atoms with E-state index in [9.17, 15) is 14.7 Å². The van der Waals surface area contributed by atoms with Crippen LogP contribution in [0.4, 0.5) is 4.39 Å². The summed E-state index contributed by atoms with van der Waals surface area (Å²) in [5, 5.41) is 14.7. The van der Waals surface area contributed by atoms with Crippen LogP contribution in [0.2, 0.25) is 0 Å². The number of nitrogens with one attached hydrogen (secondary N) is 1. The minimum absolute atomic E-state index is 0.0135. The van der Waals surface area contributed by atoms with Crippen LogP contribution >= 0.6 is 0 Å². The summed E-state index contributed by atoms with van der Waals surface area (Å²) in [6, 6.07) is 10.8. The van der Waals surface area contributed by atoms with Gasteiger partial charge in [0.1, 0.15) is 5.82 Å². The minimum Gasteiger partial charge on any atom is -0.396 e. The topological polar surface area (TPSA) is 76.3 Å². The Labute approximate surface area is 175 Å². The largest absolute Gasteiger partial charge is 0.396 e. The average molecular weight is 415 g/mol. The first-order chi connectivity index (χ1) is 15.0. The Morgan fingerprint density at radius 3 is 2.52 bits per heavy atom. The molecule has 3 aromatic carbocycles. The molecule has 0 aliphatic carbocycles. The van der Waals surface area contributed by atoms with Crippen molar-refractivity contribution in [2.45, 2.75) is 13.0 Å². The molecular weight excluding hydrogens is 397 g/mol. The molecule has 0 saturated carbocycles. The predicted octanol–water partition coefficient (Wildman–Crippen LogP) is 3.84. The highest BCUT2D eigenvalue weighted by Gasteiger charge is 2.36. The van der Waals surface area contributed by atoms with Crippen LogP contribution in [-0.4, -0.2) is 32.7 Å². The summed E-state index contributed by atoms with van der Waals surface area (Å²) in [6.07, 6.45) is 2.29. The molecule has 0 unspecified atom stereocenters. The molecule has 3 heterocycles. The first-order valence-corrected chi connectivity index (χ1v) is 10.1. The Hall–Kier alpha value is -3.71. The molecule has 6 nitrogen and oxygen atoms in total. The molecule has 1 aliphatic heterocycles. The van der Waals surface area contributed by atoms with Gasteiger partial charge in [-0.25, -0.2) is 4.39 Å². The summed E-state index contributed by atoms with van der Waals surface area (Å²) in [6.45, 7) is 0.439. The molecule has 0 fully saturated rings. The van der Waals surface area contributed by atoms with Gasteiger partial charge in [0.15, 0.2) is 0 Å². The Kier molecular flexibility index (Phi) is 3.59. The second-order valence-electron chi connectivity index (χ2n) is 7.98. The Bertz CT molecular complexity index is 1610. The first-order valence-electron chi connectivity index (χ1n) is 10.1. The number of amides is 2. The number of aromatic nitrogens is 2. The van der Waals surface area contributed by atoms with Crippen LogP contribution in [0.5, 0.6) is 0 Å². The van der Waals surface area contributed by atoms with Crippen LogP contribution in [0.1, 0.15) is 27.1 Å². The highest BCUT2D eigenvalue weighted by molar-refractivity contribution is 6.39. The molecule has 0 spiro atoms. The van der Waals surface area contributed by atoms with E-state index in [1.807, 2.05) is 46.6 Å². The highest BCUT2D eigenvalue weighted by atomic mass is 19.1. The van der Waals surface area contributed by atoms with Crippen molar-refractivity contribution in [3.8, 4) is 0 Å². The van der Waals surface area contributed by atoms with Gasteiger partial charge in [0.2, 0.25) is 0 Å². The molecule has 0 bridgehead atoms. The number of aliphatic hydroxyl groups excluding tert-OH is 1. The maximum atomic E-state index is 15.7. The maximum Gasteiger partial charge on any atom is 0.259 e. The number of halogens is 1. The third kappa shape index (κ3) is 2.18. The van der Waals surface area contributed by atoms with Crippen molar-refractivity contribution in [2.24, 2.45) is 7.05 Å². The number of hydrogen-bond donors (Lipinski definition) is 2. The molecule has 7 heteroatoms. The van der Waals surface area contributed by atoms with Crippen molar-refractivity contribution in [2.75, 3.05) is 6.61 Å². The molecule has 0 saturated heterocycles. The summed E-state index contributed by atoms with van der Waals surface area (Å²) in [5.74, 6) is -1.42. The zero-order chi connectivity index (χ0) is 21.4. The number of imide groups is 1.